The lowest BCUT2D eigenvalue weighted by molar-refractivity contribution is -0.647. The highest BCUT2D eigenvalue weighted by Gasteiger charge is 2.29. The van der Waals surface area contributed by atoms with Crippen LogP contribution in [-0.2, 0) is 11.8 Å². The van der Waals surface area contributed by atoms with Crippen molar-refractivity contribution in [3.05, 3.63) is 83.8 Å². The number of ether oxygens (including phenoxy) is 1. The molecule has 26 heavy (non-hydrogen) atoms. The number of benzene rings is 1. The molecule has 0 saturated heterocycles. The van der Waals surface area contributed by atoms with Crippen molar-refractivity contribution < 1.29 is 9.30 Å². The maximum atomic E-state index is 6.21. The lowest BCUT2D eigenvalue weighted by Crippen LogP contribution is -2.32. The number of hydrogen-bond donors (Lipinski definition) is 1. The number of dihydropyridines is 1. The molecule has 0 radical (unpaired) electrons. The highest BCUT2D eigenvalue weighted by Crippen LogP contribution is 2.32. The van der Waals surface area contributed by atoms with Gasteiger partial charge in [-0.2, -0.15) is 2.78 Å². The Balaban J connectivity index is 1.90. The van der Waals surface area contributed by atoms with Crippen molar-refractivity contribution in [2.75, 3.05) is 6.54 Å². The van der Waals surface area contributed by atoms with Crippen LogP contribution >= 0.6 is 22.9 Å². The first-order valence-electron chi connectivity index (χ1n) is 8.62. The van der Waals surface area contributed by atoms with E-state index in [9.17, 15) is 0 Å². The Morgan fingerprint density at radius 2 is 2.04 bits per heavy atom. The maximum absolute atomic E-state index is 6.21. The zero-order valence-corrected chi connectivity index (χ0v) is 17.1. The Bertz CT molecular complexity index is 998. The van der Waals surface area contributed by atoms with Crippen LogP contribution in [0.15, 0.2) is 77.9 Å². The lowest BCUT2D eigenvalue weighted by atomic mass is 10.1. The number of rotatable bonds is 1. The fourth-order valence-corrected chi connectivity index (χ4v) is 4.46. The van der Waals surface area contributed by atoms with Crippen molar-refractivity contribution in [1.29, 1.82) is 0 Å². The average Bonchev–Trinajstić information content (AvgIpc) is 2.91. The predicted molar refractivity (Wildman–Crippen MR) is 113 cm³/mol. The van der Waals surface area contributed by atoms with Crippen molar-refractivity contribution in [2.24, 2.45) is 7.05 Å². The molecule has 1 aromatic carbocycles. The standard InChI is InChI=1S/C21H21IN3O/c1-14-8-6-9-16-10-7-13-23-20(16)26-15(2)19(14)21-24(3)17-11-4-5-12-18(17)25(21)22/h4-8,10-12,23H,2,9,13H2,1,3H3/q+1/b8-6-,19-14+. The van der Waals surface area contributed by atoms with Crippen LogP contribution in [0.2, 0.25) is 0 Å². The summed E-state index contributed by atoms with van der Waals surface area (Å²) in [6, 6.07) is 8.39. The monoisotopic (exact) mass is 458 g/mol. The van der Waals surface area contributed by atoms with Gasteiger partial charge in [-0.25, -0.2) is 4.57 Å². The van der Waals surface area contributed by atoms with E-state index >= 15 is 0 Å². The molecule has 0 atom stereocenters. The molecule has 0 fully saturated rings. The van der Waals surface area contributed by atoms with Gasteiger partial charge in [-0.15, -0.1) is 0 Å². The van der Waals surface area contributed by atoms with E-state index in [-0.39, 0.29) is 0 Å². The molecular formula is C21H21IN3O+. The van der Waals surface area contributed by atoms with Crippen LogP contribution in [0, 0.1) is 0 Å². The van der Waals surface area contributed by atoms with E-state index in [1.165, 1.54) is 11.0 Å². The van der Waals surface area contributed by atoms with Gasteiger partial charge in [-0.1, -0.05) is 43.0 Å². The van der Waals surface area contributed by atoms with Crippen LogP contribution in [0.1, 0.15) is 19.2 Å². The van der Waals surface area contributed by atoms with Gasteiger partial charge in [0.1, 0.15) is 11.3 Å². The predicted octanol–water partition coefficient (Wildman–Crippen LogP) is 4.30. The molecule has 4 nitrogen and oxygen atoms in total. The maximum Gasteiger partial charge on any atom is 0.302 e. The van der Waals surface area contributed by atoms with Gasteiger partial charge in [-0.3, -0.25) is 0 Å². The molecule has 0 amide bonds. The molecule has 1 N–H and O–H groups in total. The first-order valence-corrected chi connectivity index (χ1v) is 9.58. The summed E-state index contributed by atoms with van der Waals surface area (Å²) in [7, 11) is 2.09. The zero-order chi connectivity index (χ0) is 18.3. The van der Waals surface area contributed by atoms with Crippen LogP contribution in [0.4, 0.5) is 0 Å². The second-order valence-electron chi connectivity index (χ2n) is 6.48. The minimum atomic E-state index is 0.653. The fourth-order valence-electron chi connectivity index (χ4n) is 3.49. The van der Waals surface area contributed by atoms with Crippen LogP contribution in [0.3, 0.4) is 0 Å². The number of hydrogen-bond acceptors (Lipinski definition) is 2. The quantitative estimate of drug-likeness (QED) is 0.511. The number of nitrogens with zero attached hydrogens (tertiary/aromatic N) is 2. The summed E-state index contributed by atoms with van der Waals surface area (Å²) in [5.74, 6) is 2.52. The highest BCUT2D eigenvalue weighted by molar-refractivity contribution is 14.1. The van der Waals surface area contributed by atoms with E-state index in [1.54, 1.807) is 0 Å². The largest absolute Gasteiger partial charge is 0.441 e. The third kappa shape index (κ3) is 2.80. The summed E-state index contributed by atoms with van der Waals surface area (Å²) in [6.45, 7) is 7.15. The molecule has 2 aliphatic heterocycles. The van der Waals surface area contributed by atoms with Gasteiger partial charge in [0, 0.05) is 12.1 Å². The summed E-state index contributed by atoms with van der Waals surface area (Å²) < 4.78 is 10.6. The van der Waals surface area contributed by atoms with Gasteiger partial charge in [0.15, 0.2) is 16.9 Å². The molecule has 132 valence electrons. The van der Waals surface area contributed by atoms with Gasteiger partial charge in [-0.05, 0) is 31.1 Å². The van der Waals surface area contributed by atoms with Crippen molar-refractivity contribution in [3.8, 4) is 0 Å². The van der Waals surface area contributed by atoms with Crippen molar-refractivity contribution >= 4 is 39.5 Å². The number of nitrogens with one attached hydrogen (secondary N) is 1. The number of fused-ring (bicyclic) bond motifs is 1. The molecule has 0 aliphatic carbocycles. The van der Waals surface area contributed by atoms with Crippen LogP contribution < -0.4 is 9.88 Å². The normalized spacial score (nSPS) is 21.6. The number of para-hydroxylation sites is 2. The molecule has 0 saturated carbocycles. The summed E-state index contributed by atoms with van der Waals surface area (Å²) in [6.07, 6.45) is 9.41. The Morgan fingerprint density at radius 3 is 2.85 bits per heavy atom. The number of imidazole rings is 1. The van der Waals surface area contributed by atoms with Crippen LogP contribution in [0.5, 0.6) is 0 Å². The van der Waals surface area contributed by atoms with Gasteiger partial charge in [0.05, 0.1) is 7.05 Å². The van der Waals surface area contributed by atoms with Crippen molar-refractivity contribution in [2.45, 2.75) is 13.3 Å². The van der Waals surface area contributed by atoms with Gasteiger partial charge in [0.2, 0.25) is 22.9 Å². The lowest BCUT2D eigenvalue weighted by Gasteiger charge is -2.19. The average molecular weight is 458 g/mol. The highest BCUT2D eigenvalue weighted by atomic mass is 127. The molecule has 0 bridgehead atoms. The molecule has 0 spiro atoms. The second-order valence-corrected chi connectivity index (χ2v) is 7.44. The van der Waals surface area contributed by atoms with Crippen molar-refractivity contribution in [1.82, 2.24) is 8.10 Å². The van der Waals surface area contributed by atoms with Gasteiger partial charge < -0.3 is 10.1 Å². The van der Waals surface area contributed by atoms with E-state index in [4.69, 9.17) is 4.74 Å². The number of halogens is 1. The zero-order valence-electron chi connectivity index (χ0n) is 14.9. The fraction of sp³-hybridized carbons (Fsp3) is 0.190. The number of aromatic nitrogens is 2. The SMILES string of the molecule is C=C1OC2=C(C=CCN2)C/C=C\C(C)=C/1c1n(I)c2ccccc2[n+]1C. The molecule has 2 aliphatic rings. The molecule has 4 rings (SSSR count). The summed E-state index contributed by atoms with van der Waals surface area (Å²) in [5.41, 5.74) is 5.63. The van der Waals surface area contributed by atoms with Crippen LogP contribution in [0.25, 0.3) is 16.6 Å². The van der Waals surface area contributed by atoms with E-state index in [0.717, 1.165) is 41.4 Å². The van der Waals surface area contributed by atoms with E-state index in [0.29, 0.717) is 5.76 Å². The molecule has 0 unspecified atom stereocenters. The van der Waals surface area contributed by atoms with Gasteiger partial charge in [0.25, 0.3) is 0 Å². The van der Waals surface area contributed by atoms with E-state index in [1.807, 2.05) is 0 Å². The van der Waals surface area contributed by atoms with Gasteiger partial charge >= 0.3 is 5.82 Å². The number of aryl methyl sites for hydroxylation is 1. The summed E-state index contributed by atoms with van der Waals surface area (Å²) >= 11 is 2.35. The smallest absolute Gasteiger partial charge is 0.302 e. The molecule has 2 aromatic rings. The Morgan fingerprint density at radius 1 is 1.23 bits per heavy atom. The third-order valence-electron chi connectivity index (χ3n) is 4.78. The first kappa shape index (κ1) is 17.1. The summed E-state index contributed by atoms with van der Waals surface area (Å²) in [4.78, 5) is 0. The minimum absolute atomic E-state index is 0.653. The van der Waals surface area contributed by atoms with E-state index < -0.39 is 0 Å². The first-order chi connectivity index (χ1) is 12.6. The molecule has 1 aromatic heterocycles. The topological polar surface area (TPSA) is 30.1 Å². The Kier molecular flexibility index (Phi) is 4.48. The third-order valence-corrected chi connectivity index (χ3v) is 5.75. The van der Waals surface area contributed by atoms with E-state index in [2.05, 4.69) is 105 Å². The molecule has 3 heterocycles. The number of allylic oxidation sites excluding steroid dienone is 6. The van der Waals surface area contributed by atoms with Crippen molar-refractivity contribution in [3.63, 3.8) is 0 Å². The second kappa shape index (κ2) is 6.79. The summed E-state index contributed by atoms with van der Waals surface area (Å²) in [5, 5.41) is 3.33. The Hall–Kier alpha value is -2.28. The minimum Gasteiger partial charge on any atom is -0.441 e. The Labute approximate surface area is 167 Å². The molecule has 5 heteroatoms. The molecular weight excluding hydrogens is 437 g/mol. The van der Waals surface area contributed by atoms with Crippen LogP contribution in [-0.4, -0.2) is 9.33 Å².